The Kier molecular flexibility index (Phi) is 7.54. The van der Waals surface area contributed by atoms with Crippen LogP contribution in [0, 0.1) is 0 Å². The molecule has 0 atom stereocenters. The van der Waals surface area contributed by atoms with Gasteiger partial charge >= 0.3 is 12.1 Å². The Morgan fingerprint density at radius 2 is 1.10 bits per heavy atom. The van der Waals surface area contributed by atoms with Gasteiger partial charge in [0, 0.05) is 35.6 Å². The molecule has 2 rings (SSSR count). The molecule has 0 aromatic heterocycles. The highest BCUT2D eigenvalue weighted by Gasteiger charge is 2.06. The molecule has 0 saturated heterocycles. The normalized spacial score (nSPS) is 9.93. The highest BCUT2D eigenvalue weighted by molar-refractivity contribution is 5.96. The molecule has 0 spiro atoms. The highest BCUT2D eigenvalue weighted by atomic mass is 16.2. The summed E-state index contributed by atoms with van der Waals surface area (Å²) in [6.45, 7) is 0.636. The van der Waals surface area contributed by atoms with Gasteiger partial charge in [0.25, 0.3) is 0 Å². The van der Waals surface area contributed by atoms with Crippen LogP contribution < -0.4 is 32.7 Å². The molecular weight excluding hydrogens is 376 g/mol. The molecule has 2 aromatic carbocycles. The third-order valence-corrected chi connectivity index (χ3v) is 3.73. The molecule has 0 radical (unpaired) electrons. The van der Waals surface area contributed by atoms with Gasteiger partial charge in [-0.3, -0.25) is 9.59 Å². The molecule has 0 unspecified atom stereocenters. The Balaban J connectivity index is 1.66. The Hall–Kier alpha value is -4.08. The van der Waals surface area contributed by atoms with Gasteiger partial charge in [-0.25, -0.2) is 9.59 Å². The summed E-state index contributed by atoms with van der Waals surface area (Å²) >= 11 is 0. The topological polar surface area (TPSA) is 168 Å². The van der Waals surface area contributed by atoms with Crippen LogP contribution in [-0.4, -0.2) is 37.0 Å². The van der Waals surface area contributed by atoms with E-state index in [9.17, 15) is 19.2 Å². The van der Waals surface area contributed by atoms with Crippen LogP contribution in [0.5, 0.6) is 0 Å². The summed E-state index contributed by atoms with van der Waals surface area (Å²) in [7, 11) is 0. The standard InChI is InChI=1S/C19H22N6O4/c20-16(26)12-4-1-6-14(10-12)24-18(28)22-8-3-9-23-19(29)25-15-7-2-5-13(11-15)17(21)27/h1-2,4-7,10-11H,3,8-9H2,(H2,20,26)(H2,21,27)(H2,22,24,28)(H2,23,25,29). The smallest absolute Gasteiger partial charge is 0.319 e. The number of anilines is 2. The Morgan fingerprint density at radius 3 is 1.48 bits per heavy atom. The zero-order chi connectivity index (χ0) is 21.2. The minimum Gasteiger partial charge on any atom is -0.366 e. The van der Waals surface area contributed by atoms with Crippen molar-refractivity contribution in [2.45, 2.75) is 6.42 Å². The number of hydrogen-bond donors (Lipinski definition) is 6. The van der Waals surface area contributed by atoms with Gasteiger partial charge < -0.3 is 32.7 Å². The van der Waals surface area contributed by atoms with E-state index in [2.05, 4.69) is 21.3 Å². The largest absolute Gasteiger partial charge is 0.366 e. The fourth-order valence-corrected chi connectivity index (χ4v) is 2.34. The molecule has 0 aliphatic carbocycles. The van der Waals surface area contributed by atoms with Gasteiger partial charge in [-0.05, 0) is 42.8 Å². The Morgan fingerprint density at radius 1 is 0.690 bits per heavy atom. The van der Waals surface area contributed by atoms with Gasteiger partial charge in [-0.15, -0.1) is 0 Å². The molecule has 6 amide bonds. The number of primary amides is 2. The van der Waals surface area contributed by atoms with Crippen molar-refractivity contribution in [2.24, 2.45) is 11.5 Å². The van der Waals surface area contributed by atoms with E-state index in [1.807, 2.05) is 0 Å². The summed E-state index contributed by atoms with van der Waals surface area (Å²) in [5, 5.41) is 10.4. The molecule has 0 saturated carbocycles. The van der Waals surface area contributed by atoms with Crippen molar-refractivity contribution in [2.75, 3.05) is 23.7 Å². The van der Waals surface area contributed by atoms with E-state index >= 15 is 0 Å². The summed E-state index contributed by atoms with van der Waals surface area (Å²) in [5.74, 6) is -1.17. The Bertz CT molecular complexity index is 842. The summed E-state index contributed by atoms with van der Waals surface area (Å²) in [6, 6.07) is 11.6. The van der Waals surface area contributed by atoms with Crippen LogP contribution in [-0.2, 0) is 0 Å². The number of nitrogens with two attached hydrogens (primary N) is 2. The van der Waals surface area contributed by atoms with Gasteiger partial charge in [0.15, 0.2) is 0 Å². The molecule has 0 aliphatic rings. The van der Waals surface area contributed by atoms with E-state index in [-0.39, 0.29) is 0 Å². The molecule has 0 fully saturated rings. The van der Waals surface area contributed by atoms with E-state index in [0.717, 1.165) is 0 Å². The second-order valence-corrected chi connectivity index (χ2v) is 6.01. The SMILES string of the molecule is NC(=O)c1cccc(NC(=O)NCCCNC(=O)Nc2cccc(C(N)=O)c2)c1. The van der Waals surface area contributed by atoms with E-state index in [0.29, 0.717) is 42.0 Å². The van der Waals surface area contributed by atoms with Crippen LogP contribution in [0.3, 0.4) is 0 Å². The molecule has 10 heteroatoms. The molecule has 0 aliphatic heterocycles. The third kappa shape index (κ3) is 7.21. The molecule has 10 nitrogen and oxygen atoms in total. The average molecular weight is 398 g/mol. The number of urea groups is 2. The maximum Gasteiger partial charge on any atom is 0.319 e. The molecule has 0 heterocycles. The lowest BCUT2D eigenvalue weighted by molar-refractivity contribution is 0.0992. The number of carbonyl (C=O) groups excluding carboxylic acids is 4. The van der Waals surface area contributed by atoms with Crippen LogP contribution in [0.1, 0.15) is 27.1 Å². The number of hydrogen-bond acceptors (Lipinski definition) is 4. The van der Waals surface area contributed by atoms with Crippen molar-refractivity contribution in [3.8, 4) is 0 Å². The predicted octanol–water partition coefficient (Wildman–Crippen LogP) is 1.22. The summed E-state index contributed by atoms with van der Waals surface area (Å²) in [5.41, 5.74) is 11.8. The maximum atomic E-state index is 11.8. The van der Waals surface area contributed by atoms with Crippen molar-refractivity contribution < 1.29 is 19.2 Å². The highest BCUT2D eigenvalue weighted by Crippen LogP contribution is 2.10. The lowest BCUT2D eigenvalue weighted by Crippen LogP contribution is -2.34. The average Bonchev–Trinajstić information content (AvgIpc) is 2.68. The van der Waals surface area contributed by atoms with Gasteiger partial charge in [0.1, 0.15) is 0 Å². The molecule has 29 heavy (non-hydrogen) atoms. The van der Waals surface area contributed by atoms with Crippen molar-refractivity contribution in [3.63, 3.8) is 0 Å². The first-order valence-corrected chi connectivity index (χ1v) is 8.74. The van der Waals surface area contributed by atoms with Crippen molar-refractivity contribution in [1.29, 1.82) is 0 Å². The maximum absolute atomic E-state index is 11.8. The van der Waals surface area contributed by atoms with Crippen molar-refractivity contribution in [3.05, 3.63) is 59.7 Å². The quantitative estimate of drug-likeness (QED) is 0.368. The third-order valence-electron chi connectivity index (χ3n) is 3.73. The fraction of sp³-hybridized carbons (Fsp3) is 0.158. The zero-order valence-electron chi connectivity index (χ0n) is 15.5. The van der Waals surface area contributed by atoms with Crippen LogP contribution in [0.2, 0.25) is 0 Å². The number of amides is 6. The van der Waals surface area contributed by atoms with E-state index < -0.39 is 23.9 Å². The second-order valence-electron chi connectivity index (χ2n) is 6.01. The zero-order valence-corrected chi connectivity index (χ0v) is 15.5. The van der Waals surface area contributed by atoms with Crippen LogP contribution in [0.4, 0.5) is 21.0 Å². The monoisotopic (exact) mass is 398 g/mol. The summed E-state index contributed by atoms with van der Waals surface area (Å²) in [6.07, 6.45) is 0.490. The molecule has 0 bridgehead atoms. The van der Waals surface area contributed by atoms with Gasteiger partial charge in [0.2, 0.25) is 11.8 Å². The molecule has 152 valence electrons. The minimum absolute atomic E-state index is 0.291. The van der Waals surface area contributed by atoms with Gasteiger partial charge in [-0.2, -0.15) is 0 Å². The van der Waals surface area contributed by atoms with E-state index in [1.165, 1.54) is 12.1 Å². The second kappa shape index (κ2) is 10.3. The number of carbonyl (C=O) groups is 4. The van der Waals surface area contributed by atoms with Crippen LogP contribution >= 0.6 is 0 Å². The fourth-order valence-electron chi connectivity index (χ4n) is 2.34. The minimum atomic E-state index is -0.584. The van der Waals surface area contributed by atoms with Crippen molar-refractivity contribution >= 4 is 35.3 Å². The first-order chi connectivity index (χ1) is 13.8. The lowest BCUT2D eigenvalue weighted by atomic mass is 10.2. The predicted molar refractivity (Wildman–Crippen MR) is 109 cm³/mol. The van der Waals surface area contributed by atoms with Crippen LogP contribution in [0.15, 0.2) is 48.5 Å². The first kappa shape index (κ1) is 21.2. The van der Waals surface area contributed by atoms with E-state index in [1.54, 1.807) is 36.4 Å². The number of benzene rings is 2. The Labute approximate surface area is 167 Å². The number of rotatable bonds is 8. The summed E-state index contributed by atoms with van der Waals surface area (Å²) in [4.78, 5) is 46.0. The molecule has 2 aromatic rings. The summed E-state index contributed by atoms with van der Waals surface area (Å²) < 4.78 is 0. The molecule has 8 N–H and O–H groups in total. The van der Waals surface area contributed by atoms with Crippen molar-refractivity contribution in [1.82, 2.24) is 10.6 Å². The number of nitrogens with one attached hydrogen (secondary N) is 4. The van der Waals surface area contributed by atoms with E-state index in [4.69, 9.17) is 11.5 Å². The lowest BCUT2D eigenvalue weighted by Gasteiger charge is -2.10. The van der Waals surface area contributed by atoms with Crippen LogP contribution in [0.25, 0.3) is 0 Å². The van der Waals surface area contributed by atoms with Gasteiger partial charge in [0.05, 0.1) is 0 Å². The van der Waals surface area contributed by atoms with Gasteiger partial charge in [-0.1, -0.05) is 12.1 Å². The first-order valence-electron chi connectivity index (χ1n) is 8.74. The molecular formula is C19H22N6O4.